The van der Waals surface area contributed by atoms with E-state index in [0.717, 1.165) is 16.7 Å². The molecule has 3 rings (SSSR count). The van der Waals surface area contributed by atoms with E-state index in [9.17, 15) is 15.0 Å². The van der Waals surface area contributed by atoms with Crippen LogP contribution in [0.1, 0.15) is 28.0 Å². The first-order valence-corrected chi connectivity index (χ1v) is 6.47. The molecule has 0 bridgehead atoms. The number of carboxylic acids is 1. The fourth-order valence-corrected chi connectivity index (χ4v) is 2.65. The van der Waals surface area contributed by atoms with Crippen molar-refractivity contribution in [3.05, 3.63) is 35.0 Å². The van der Waals surface area contributed by atoms with E-state index in [1.165, 1.54) is 4.68 Å². The Hall–Kier alpha value is -2.34. The van der Waals surface area contributed by atoms with Gasteiger partial charge < -0.3 is 15.9 Å². The number of carboxylic acid groups (broad SMARTS) is 1. The van der Waals surface area contributed by atoms with E-state index in [1.807, 2.05) is 6.07 Å². The van der Waals surface area contributed by atoms with Crippen LogP contribution in [-0.4, -0.2) is 32.5 Å². The summed E-state index contributed by atoms with van der Waals surface area (Å²) in [5.41, 5.74) is 8.88. The number of nitrogens with zero attached hydrogens (tertiary/aromatic N) is 2. The summed E-state index contributed by atoms with van der Waals surface area (Å²) in [4.78, 5) is 11.5. The molecule has 1 aromatic heterocycles. The van der Waals surface area contributed by atoms with E-state index in [0.29, 0.717) is 31.6 Å². The number of phenols is 1. The van der Waals surface area contributed by atoms with Crippen molar-refractivity contribution in [1.29, 1.82) is 0 Å². The number of phenolic OH excluding ortho intramolecular Hbond substituents is 1. The molecule has 0 spiro atoms. The molecule has 2 aromatic rings. The van der Waals surface area contributed by atoms with E-state index >= 15 is 0 Å². The van der Waals surface area contributed by atoms with Crippen molar-refractivity contribution >= 4 is 5.97 Å². The smallest absolute Gasteiger partial charge is 0.354 e. The zero-order valence-corrected chi connectivity index (χ0v) is 10.8. The minimum absolute atomic E-state index is 0.157. The van der Waals surface area contributed by atoms with Crippen molar-refractivity contribution in [2.75, 3.05) is 6.54 Å². The molecule has 104 valence electrons. The lowest BCUT2D eigenvalue weighted by Gasteiger charge is -2.06. The number of hydrogen-bond acceptors (Lipinski definition) is 4. The number of hydrogen-bond donors (Lipinski definition) is 3. The average Bonchev–Trinajstić information content (AvgIpc) is 2.91. The number of rotatable bonds is 4. The third-order valence-electron chi connectivity index (χ3n) is 3.54. The Balaban J connectivity index is 2.12. The van der Waals surface area contributed by atoms with Gasteiger partial charge in [0, 0.05) is 24.1 Å². The van der Waals surface area contributed by atoms with Gasteiger partial charge in [-0.15, -0.1) is 0 Å². The molecule has 0 atom stereocenters. The summed E-state index contributed by atoms with van der Waals surface area (Å²) >= 11 is 0. The molecule has 0 aliphatic heterocycles. The molecule has 1 aliphatic rings. The van der Waals surface area contributed by atoms with E-state index in [1.54, 1.807) is 12.1 Å². The van der Waals surface area contributed by atoms with Gasteiger partial charge in [-0.05, 0) is 30.7 Å². The van der Waals surface area contributed by atoms with Gasteiger partial charge in [-0.25, -0.2) is 4.79 Å². The topological polar surface area (TPSA) is 101 Å². The second kappa shape index (κ2) is 4.64. The third-order valence-corrected chi connectivity index (χ3v) is 3.54. The third kappa shape index (κ3) is 1.85. The van der Waals surface area contributed by atoms with Gasteiger partial charge in [0.05, 0.1) is 5.69 Å². The lowest BCUT2D eigenvalue weighted by atomic mass is 10.1. The molecular formula is C14H15N3O3. The first-order valence-electron chi connectivity index (χ1n) is 6.47. The van der Waals surface area contributed by atoms with Gasteiger partial charge in [-0.1, -0.05) is 6.07 Å². The van der Waals surface area contributed by atoms with Crippen LogP contribution in [0.5, 0.6) is 5.75 Å². The van der Waals surface area contributed by atoms with Crippen molar-refractivity contribution in [1.82, 2.24) is 9.78 Å². The largest absolute Gasteiger partial charge is 0.508 e. The van der Waals surface area contributed by atoms with Crippen LogP contribution in [0, 0.1) is 0 Å². The molecule has 6 nitrogen and oxygen atoms in total. The molecule has 1 aliphatic carbocycles. The molecule has 0 saturated heterocycles. The molecule has 6 heteroatoms. The van der Waals surface area contributed by atoms with Crippen molar-refractivity contribution in [2.24, 2.45) is 5.73 Å². The second-order valence-corrected chi connectivity index (χ2v) is 4.86. The van der Waals surface area contributed by atoms with E-state index < -0.39 is 5.97 Å². The summed E-state index contributed by atoms with van der Waals surface area (Å²) in [6, 6.07) is 5.04. The fraction of sp³-hybridized carbons (Fsp3) is 0.286. The first-order chi connectivity index (χ1) is 9.61. The van der Waals surface area contributed by atoms with Crippen molar-refractivity contribution < 1.29 is 15.0 Å². The van der Waals surface area contributed by atoms with Crippen LogP contribution in [-0.2, 0) is 13.0 Å². The number of aromatic nitrogens is 2. The number of aromatic carboxylic acids is 1. The summed E-state index contributed by atoms with van der Waals surface area (Å²) in [6.07, 6.45) is 1.21. The first kappa shape index (κ1) is 12.7. The molecule has 1 heterocycles. The van der Waals surface area contributed by atoms with Crippen LogP contribution in [0.2, 0.25) is 0 Å². The predicted molar refractivity (Wildman–Crippen MR) is 72.8 cm³/mol. The number of nitrogens with two attached hydrogens (primary N) is 1. The van der Waals surface area contributed by atoms with Crippen LogP contribution in [0.15, 0.2) is 18.2 Å². The highest BCUT2D eigenvalue weighted by Crippen LogP contribution is 2.39. The molecule has 0 saturated carbocycles. The van der Waals surface area contributed by atoms with Crippen LogP contribution >= 0.6 is 0 Å². The maximum Gasteiger partial charge on any atom is 0.354 e. The Bertz CT molecular complexity index is 691. The Morgan fingerprint density at radius 3 is 2.95 bits per heavy atom. The summed E-state index contributed by atoms with van der Waals surface area (Å²) in [6.45, 7) is 0.972. The van der Waals surface area contributed by atoms with Gasteiger partial charge in [0.25, 0.3) is 0 Å². The summed E-state index contributed by atoms with van der Waals surface area (Å²) in [7, 11) is 0. The Morgan fingerprint density at radius 2 is 2.25 bits per heavy atom. The van der Waals surface area contributed by atoms with Gasteiger partial charge >= 0.3 is 5.97 Å². The zero-order valence-electron chi connectivity index (χ0n) is 10.8. The van der Waals surface area contributed by atoms with E-state index in [-0.39, 0.29) is 11.4 Å². The van der Waals surface area contributed by atoms with E-state index in [2.05, 4.69) is 5.10 Å². The normalized spacial score (nSPS) is 12.2. The summed E-state index contributed by atoms with van der Waals surface area (Å²) in [5.74, 6) is -0.821. The van der Waals surface area contributed by atoms with Gasteiger partial charge in [0.2, 0.25) is 0 Å². The maximum atomic E-state index is 11.5. The SMILES string of the molecule is NCCCn1nc2c(c1C(=O)O)Cc1ccc(O)cc1-2. The van der Waals surface area contributed by atoms with Crippen molar-refractivity contribution in [3.63, 3.8) is 0 Å². The van der Waals surface area contributed by atoms with Gasteiger partial charge in [-0.3, -0.25) is 4.68 Å². The monoisotopic (exact) mass is 273 g/mol. The molecule has 0 amide bonds. The second-order valence-electron chi connectivity index (χ2n) is 4.86. The number of fused-ring (bicyclic) bond motifs is 3. The highest BCUT2D eigenvalue weighted by molar-refractivity contribution is 5.92. The average molecular weight is 273 g/mol. The quantitative estimate of drug-likeness (QED) is 0.663. The van der Waals surface area contributed by atoms with E-state index in [4.69, 9.17) is 5.73 Å². The van der Waals surface area contributed by atoms with Crippen LogP contribution in [0.3, 0.4) is 0 Å². The lowest BCUT2D eigenvalue weighted by Crippen LogP contribution is -2.14. The van der Waals surface area contributed by atoms with Crippen LogP contribution in [0.4, 0.5) is 0 Å². The molecule has 0 unspecified atom stereocenters. The van der Waals surface area contributed by atoms with Crippen LogP contribution in [0.25, 0.3) is 11.3 Å². The fourth-order valence-electron chi connectivity index (χ4n) is 2.65. The lowest BCUT2D eigenvalue weighted by molar-refractivity contribution is 0.0682. The number of carbonyl (C=O) groups is 1. The minimum Gasteiger partial charge on any atom is -0.508 e. The van der Waals surface area contributed by atoms with Crippen molar-refractivity contribution in [2.45, 2.75) is 19.4 Å². The zero-order chi connectivity index (χ0) is 14.3. The van der Waals surface area contributed by atoms with Crippen molar-refractivity contribution in [3.8, 4) is 17.0 Å². The molecule has 4 N–H and O–H groups in total. The summed E-state index contributed by atoms with van der Waals surface area (Å²) < 4.78 is 1.51. The molecule has 0 radical (unpaired) electrons. The predicted octanol–water partition coefficient (Wildman–Crippen LogP) is 1.21. The van der Waals surface area contributed by atoms with Gasteiger partial charge in [0.1, 0.15) is 11.4 Å². The Kier molecular flexibility index (Phi) is 2.94. The molecular weight excluding hydrogens is 258 g/mol. The number of benzene rings is 1. The number of aromatic hydroxyl groups is 1. The minimum atomic E-state index is -0.979. The highest BCUT2D eigenvalue weighted by Gasteiger charge is 2.30. The van der Waals surface area contributed by atoms with Gasteiger partial charge in [0.15, 0.2) is 0 Å². The summed E-state index contributed by atoms with van der Waals surface area (Å²) in [5, 5.41) is 23.4. The Labute approximate surface area is 115 Å². The molecule has 0 fully saturated rings. The maximum absolute atomic E-state index is 11.5. The molecule has 20 heavy (non-hydrogen) atoms. The molecule has 1 aromatic carbocycles. The number of aryl methyl sites for hydroxylation is 1. The van der Waals surface area contributed by atoms with Gasteiger partial charge in [-0.2, -0.15) is 5.10 Å². The standard InChI is InChI=1S/C14H15N3O3/c15-4-1-5-17-13(14(19)20)11-6-8-2-3-9(18)7-10(8)12(11)16-17/h2-3,7,18H,1,4-6,15H2,(H,19,20). The Morgan fingerprint density at radius 1 is 1.45 bits per heavy atom. The van der Waals surface area contributed by atoms with Crippen LogP contribution < -0.4 is 5.73 Å². The highest BCUT2D eigenvalue weighted by atomic mass is 16.4.